The summed E-state index contributed by atoms with van der Waals surface area (Å²) in [6.07, 6.45) is 1.87. The van der Waals surface area contributed by atoms with E-state index >= 15 is 0 Å². The lowest BCUT2D eigenvalue weighted by atomic mass is 10.1. The van der Waals surface area contributed by atoms with Crippen molar-refractivity contribution in [3.05, 3.63) is 23.9 Å². The van der Waals surface area contributed by atoms with Gasteiger partial charge in [-0.3, -0.25) is 4.79 Å². The number of hydrogen-bond acceptors (Lipinski definition) is 5. The van der Waals surface area contributed by atoms with Gasteiger partial charge in [-0.2, -0.15) is 0 Å². The minimum atomic E-state index is 0.0385. The second-order valence-electron chi connectivity index (χ2n) is 5.94. The van der Waals surface area contributed by atoms with E-state index in [1.54, 1.807) is 6.20 Å². The molecule has 120 valence electrons. The van der Waals surface area contributed by atoms with E-state index < -0.39 is 0 Å². The Kier molecular flexibility index (Phi) is 4.59. The summed E-state index contributed by atoms with van der Waals surface area (Å²) < 4.78 is 11.1. The Morgan fingerprint density at radius 1 is 1.23 bits per heavy atom. The molecule has 6 heteroatoms. The largest absolute Gasteiger partial charge is 0.378 e. The van der Waals surface area contributed by atoms with Crippen LogP contribution in [0.4, 0.5) is 5.82 Å². The van der Waals surface area contributed by atoms with E-state index in [-0.39, 0.29) is 18.1 Å². The van der Waals surface area contributed by atoms with Crippen LogP contribution in [0.15, 0.2) is 18.3 Å². The molecule has 0 bridgehead atoms. The van der Waals surface area contributed by atoms with Crippen LogP contribution in [0.5, 0.6) is 0 Å². The molecule has 0 radical (unpaired) electrons. The summed E-state index contributed by atoms with van der Waals surface area (Å²) >= 11 is 0. The molecule has 0 aromatic carbocycles. The number of aromatic nitrogens is 1. The van der Waals surface area contributed by atoms with Crippen molar-refractivity contribution in [3.8, 4) is 0 Å². The van der Waals surface area contributed by atoms with Gasteiger partial charge in [-0.25, -0.2) is 4.98 Å². The molecule has 22 heavy (non-hydrogen) atoms. The van der Waals surface area contributed by atoms with Gasteiger partial charge in [0.25, 0.3) is 5.91 Å². The molecule has 0 unspecified atom stereocenters. The first-order valence-corrected chi connectivity index (χ1v) is 7.87. The number of amides is 1. The highest BCUT2D eigenvalue weighted by Gasteiger charge is 2.29. The highest BCUT2D eigenvalue weighted by molar-refractivity contribution is 5.99. The standard InChI is InChI=1S/C16H23N3O3/c1-12-10-19(11-13(2)22-12)16(20)14-4-3-5-17-15(14)18-6-8-21-9-7-18/h3-5,12-13H,6-11H2,1-2H3/t12-,13+. The summed E-state index contributed by atoms with van der Waals surface area (Å²) in [5, 5.41) is 0. The monoisotopic (exact) mass is 305 g/mol. The van der Waals surface area contributed by atoms with Gasteiger partial charge in [-0.05, 0) is 26.0 Å². The van der Waals surface area contributed by atoms with Gasteiger partial charge in [0.2, 0.25) is 0 Å². The zero-order valence-corrected chi connectivity index (χ0v) is 13.2. The fourth-order valence-corrected chi connectivity index (χ4v) is 3.11. The SMILES string of the molecule is C[C@@H]1CN(C(=O)c2cccnc2N2CCOCC2)C[C@H](C)O1. The average Bonchev–Trinajstić information content (AvgIpc) is 2.54. The number of rotatable bonds is 2. The number of carbonyl (C=O) groups excluding carboxylic acids is 1. The van der Waals surface area contributed by atoms with Gasteiger partial charge in [0.1, 0.15) is 5.82 Å². The van der Waals surface area contributed by atoms with E-state index in [0.29, 0.717) is 31.9 Å². The van der Waals surface area contributed by atoms with Gasteiger partial charge < -0.3 is 19.3 Å². The van der Waals surface area contributed by atoms with Crippen LogP contribution in [0.2, 0.25) is 0 Å². The lowest BCUT2D eigenvalue weighted by Crippen LogP contribution is -2.48. The molecule has 1 amide bonds. The van der Waals surface area contributed by atoms with E-state index in [0.717, 1.165) is 18.9 Å². The first-order chi connectivity index (χ1) is 10.6. The summed E-state index contributed by atoms with van der Waals surface area (Å²) in [5.74, 6) is 0.805. The van der Waals surface area contributed by atoms with Crippen molar-refractivity contribution in [1.82, 2.24) is 9.88 Å². The fraction of sp³-hybridized carbons (Fsp3) is 0.625. The van der Waals surface area contributed by atoms with Gasteiger partial charge in [0.05, 0.1) is 31.0 Å². The van der Waals surface area contributed by atoms with Crippen LogP contribution < -0.4 is 4.90 Å². The third kappa shape index (κ3) is 3.23. The molecule has 2 atom stereocenters. The molecular weight excluding hydrogens is 282 g/mol. The number of ether oxygens (including phenoxy) is 2. The maximum absolute atomic E-state index is 12.9. The zero-order chi connectivity index (χ0) is 15.5. The fourth-order valence-electron chi connectivity index (χ4n) is 3.11. The Labute approximate surface area is 131 Å². The Hall–Kier alpha value is -1.66. The third-order valence-corrected chi connectivity index (χ3v) is 4.03. The molecule has 0 aliphatic carbocycles. The van der Waals surface area contributed by atoms with Gasteiger partial charge in [0.15, 0.2) is 0 Å². The molecule has 3 heterocycles. The molecule has 0 N–H and O–H groups in total. The Morgan fingerprint density at radius 2 is 1.91 bits per heavy atom. The van der Waals surface area contributed by atoms with Crippen molar-refractivity contribution in [1.29, 1.82) is 0 Å². The molecule has 2 aliphatic heterocycles. The van der Waals surface area contributed by atoms with Crippen molar-refractivity contribution < 1.29 is 14.3 Å². The highest BCUT2D eigenvalue weighted by Crippen LogP contribution is 2.22. The van der Waals surface area contributed by atoms with E-state index in [1.807, 2.05) is 30.9 Å². The van der Waals surface area contributed by atoms with E-state index in [2.05, 4.69) is 9.88 Å². The topological polar surface area (TPSA) is 54.9 Å². The summed E-state index contributed by atoms with van der Waals surface area (Å²) in [4.78, 5) is 21.4. The molecule has 6 nitrogen and oxygen atoms in total. The number of pyridine rings is 1. The van der Waals surface area contributed by atoms with Crippen molar-refractivity contribution in [2.24, 2.45) is 0 Å². The molecule has 1 aromatic heterocycles. The van der Waals surface area contributed by atoms with Crippen molar-refractivity contribution in [3.63, 3.8) is 0 Å². The maximum atomic E-state index is 12.9. The minimum Gasteiger partial charge on any atom is -0.378 e. The number of hydrogen-bond donors (Lipinski definition) is 0. The average molecular weight is 305 g/mol. The first-order valence-electron chi connectivity index (χ1n) is 7.87. The van der Waals surface area contributed by atoms with Crippen molar-refractivity contribution in [2.45, 2.75) is 26.1 Å². The second kappa shape index (κ2) is 6.62. The maximum Gasteiger partial charge on any atom is 0.257 e. The van der Waals surface area contributed by atoms with Gasteiger partial charge in [-0.15, -0.1) is 0 Å². The van der Waals surface area contributed by atoms with Crippen LogP contribution in [0.1, 0.15) is 24.2 Å². The van der Waals surface area contributed by atoms with Gasteiger partial charge in [-0.1, -0.05) is 0 Å². The van der Waals surface area contributed by atoms with Crippen molar-refractivity contribution >= 4 is 11.7 Å². The molecule has 2 aliphatic rings. The number of carbonyl (C=O) groups is 1. The van der Waals surface area contributed by atoms with Gasteiger partial charge in [0, 0.05) is 32.4 Å². The third-order valence-electron chi connectivity index (χ3n) is 4.03. The summed E-state index contributed by atoms with van der Waals surface area (Å²) in [6.45, 7) is 8.15. The smallest absolute Gasteiger partial charge is 0.257 e. The molecule has 0 saturated carbocycles. The van der Waals surface area contributed by atoms with Crippen LogP contribution in [-0.4, -0.2) is 67.4 Å². The molecular formula is C16H23N3O3. The second-order valence-corrected chi connectivity index (χ2v) is 5.94. The molecule has 2 fully saturated rings. The number of morpholine rings is 2. The molecule has 1 aromatic rings. The number of anilines is 1. The van der Waals surface area contributed by atoms with E-state index in [4.69, 9.17) is 9.47 Å². The van der Waals surface area contributed by atoms with Crippen molar-refractivity contribution in [2.75, 3.05) is 44.3 Å². The van der Waals surface area contributed by atoms with Crippen LogP contribution in [0.25, 0.3) is 0 Å². The lowest BCUT2D eigenvalue weighted by Gasteiger charge is -2.36. The van der Waals surface area contributed by atoms with E-state index in [1.165, 1.54) is 0 Å². The predicted octanol–water partition coefficient (Wildman–Crippen LogP) is 1.17. The van der Waals surface area contributed by atoms with Gasteiger partial charge >= 0.3 is 0 Å². The lowest BCUT2D eigenvalue weighted by molar-refractivity contribution is -0.0586. The summed E-state index contributed by atoms with van der Waals surface area (Å²) in [7, 11) is 0. The first kappa shape index (κ1) is 15.2. The van der Waals surface area contributed by atoms with Crippen LogP contribution >= 0.6 is 0 Å². The normalized spacial score (nSPS) is 26.1. The minimum absolute atomic E-state index is 0.0385. The van der Waals surface area contributed by atoms with Crippen LogP contribution in [0.3, 0.4) is 0 Å². The molecule has 3 rings (SSSR count). The Balaban J connectivity index is 1.82. The zero-order valence-electron chi connectivity index (χ0n) is 13.2. The predicted molar refractivity (Wildman–Crippen MR) is 83.2 cm³/mol. The highest BCUT2D eigenvalue weighted by atomic mass is 16.5. The van der Waals surface area contributed by atoms with E-state index in [9.17, 15) is 4.79 Å². The van der Waals surface area contributed by atoms with Crippen LogP contribution in [0, 0.1) is 0 Å². The summed E-state index contributed by atoms with van der Waals surface area (Å²) in [6, 6.07) is 3.69. The summed E-state index contributed by atoms with van der Waals surface area (Å²) in [5.41, 5.74) is 0.672. The Bertz CT molecular complexity index is 521. The molecule has 0 spiro atoms. The van der Waals surface area contributed by atoms with Crippen LogP contribution in [-0.2, 0) is 9.47 Å². The Morgan fingerprint density at radius 3 is 2.59 bits per heavy atom. The quantitative estimate of drug-likeness (QED) is 0.821. The molecule has 2 saturated heterocycles. The number of nitrogens with zero attached hydrogens (tertiary/aromatic N) is 3.